The minimum Gasteiger partial charge on any atom is -0.486 e. The summed E-state index contributed by atoms with van der Waals surface area (Å²) in [6, 6.07) is 5.58. The molecule has 104 valence electrons. The molecular formula is C15H21NO3. The van der Waals surface area contributed by atoms with Gasteiger partial charge in [0.15, 0.2) is 11.5 Å². The van der Waals surface area contributed by atoms with Crippen molar-refractivity contribution in [1.82, 2.24) is 5.32 Å². The smallest absolute Gasteiger partial charge is 0.161 e. The largest absolute Gasteiger partial charge is 0.486 e. The maximum absolute atomic E-state index is 10.1. The molecule has 0 amide bonds. The quantitative estimate of drug-likeness (QED) is 0.630. The van der Waals surface area contributed by atoms with E-state index in [1.54, 1.807) is 0 Å². The molecule has 4 nitrogen and oxygen atoms in total. The third-order valence-electron chi connectivity index (χ3n) is 2.94. The summed E-state index contributed by atoms with van der Waals surface area (Å²) in [6.45, 7) is 6.54. The van der Waals surface area contributed by atoms with Crippen molar-refractivity contribution in [2.75, 3.05) is 26.3 Å². The topological polar surface area (TPSA) is 50.7 Å². The molecule has 0 bridgehead atoms. The number of aliphatic hydroxyl groups excluding tert-OH is 1. The lowest BCUT2D eigenvalue weighted by Crippen LogP contribution is -2.22. The van der Waals surface area contributed by atoms with E-state index in [1.807, 2.05) is 18.2 Å². The fraction of sp³-hybridized carbons (Fsp3) is 0.467. The molecule has 1 aliphatic heterocycles. The number of ether oxygens (including phenoxy) is 2. The molecule has 0 saturated carbocycles. The average molecular weight is 263 g/mol. The highest BCUT2D eigenvalue weighted by atomic mass is 16.6. The zero-order chi connectivity index (χ0) is 13.7. The van der Waals surface area contributed by atoms with Gasteiger partial charge in [-0.05, 0) is 31.5 Å². The van der Waals surface area contributed by atoms with Crippen LogP contribution in [-0.4, -0.2) is 31.4 Å². The van der Waals surface area contributed by atoms with Crippen LogP contribution in [0.2, 0.25) is 0 Å². The SMILES string of the molecule is CC(C)=CCNCC(O)c1ccc2c(c1)OCCO2. The summed E-state index contributed by atoms with van der Waals surface area (Å²) in [5.74, 6) is 1.46. The molecule has 19 heavy (non-hydrogen) atoms. The third-order valence-corrected chi connectivity index (χ3v) is 2.94. The number of hydrogen-bond acceptors (Lipinski definition) is 4. The molecule has 0 spiro atoms. The molecule has 0 aliphatic carbocycles. The van der Waals surface area contributed by atoms with Gasteiger partial charge in [0.25, 0.3) is 0 Å². The highest BCUT2D eigenvalue weighted by Crippen LogP contribution is 2.32. The number of nitrogens with one attached hydrogen (secondary N) is 1. The van der Waals surface area contributed by atoms with E-state index in [0.29, 0.717) is 25.5 Å². The second-order valence-electron chi connectivity index (χ2n) is 4.86. The molecule has 1 atom stereocenters. The Kier molecular flexibility index (Phi) is 4.82. The Morgan fingerprint density at radius 3 is 2.79 bits per heavy atom. The molecule has 1 unspecified atom stereocenters. The molecule has 0 aromatic heterocycles. The van der Waals surface area contributed by atoms with Crippen molar-refractivity contribution in [2.45, 2.75) is 20.0 Å². The van der Waals surface area contributed by atoms with Crippen molar-refractivity contribution in [2.24, 2.45) is 0 Å². The summed E-state index contributed by atoms with van der Waals surface area (Å²) >= 11 is 0. The zero-order valence-electron chi connectivity index (χ0n) is 11.5. The minimum absolute atomic E-state index is 0.517. The molecule has 2 rings (SSSR count). The standard InChI is InChI=1S/C15H21NO3/c1-11(2)5-6-16-10-13(17)12-3-4-14-15(9-12)19-8-7-18-14/h3-5,9,13,16-17H,6-8,10H2,1-2H3. The number of fused-ring (bicyclic) bond motifs is 1. The van der Waals surface area contributed by atoms with Crippen LogP contribution >= 0.6 is 0 Å². The van der Waals surface area contributed by atoms with E-state index in [1.165, 1.54) is 5.57 Å². The van der Waals surface area contributed by atoms with E-state index in [2.05, 4.69) is 25.2 Å². The first-order valence-corrected chi connectivity index (χ1v) is 6.58. The van der Waals surface area contributed by atoms with Crippen molar-refractivity contribution >= 4 is 0 Å². The second-order valence-corrected chi connectivity index (χ2v) is 4.86. The number of hydrogen-bond donors (Lipinski definition) is 2. The molecule has 1 heterocycles. The molecule has 2 N–H and O–H groups in total. The molecule has 1 aromatic rings. The monoisotopic (exact) mass is 263 g/mol. The van der Waals surface area contributed by atoms with E-state index in [0.717, 1.165) is 17.9 Å². The van der Waals surface area contributed by atoms with Crippen molar-refractivity contribution in [3.63, 3.8) is 0 Å². The van der Waals surface area contributed by atoms with Gasteiger partial charge in [-0.2, -0.15) is 0 Å². The maximum atomic E-state index is 10.1. The maximum Gasteiger partial charge on any atom is 0.161 e. The van der Waals surface area contributed by atoms with Crippen LogP contribution in [0, 0.1) is 0 Å². The van der Waals surface area contributed by atoms with Crippen LogP contribution in [0.15, 0.2) is 29.8 Å². The van der Waals surface area contributed by atoms with E-state index in [-0.39, 0.29) is 0 Å². The van der Waals surface area contributed by atoms with Crippen molar-refractivity contribution in [3.05, 3.63) is 35.4 Å². The Morgan fingerprint density at radius 2 is 2.05 bits per heavy atom. The molecule has 0 saturated heterocycles. The minimum atomic E-state index is -0.540. The Hall–Kier alpha value is -1.52. The lowest BCUT2D eigenvalue weighted by molar-refractivity contribution is 0.164. The average Bonchev–Trinajstić information content (AvgIpc) is 2.42. The summed E-state index contributed by atoms with van der Waals surface area (Å²) in [5.41, 5.74) is 2.11. The predicted molar refractivity (Wildman–Crippen MR) is 74.7 cm³/mol. The Labute approximate surface area is 114 Å². The Bertz CT molecular complexity index is 453. The third kappa shape index (κ3) is 3.98. The summed E-state index contributed by atoms with van der Waals surface area (Å²) in [7, 11) is 0. The van der Waals surface area contributed by atoms with Crippen LogP contribution in [0.5, 0.6) is 11.5 Å². The Balaban J connectivity index is 1.92. The van der Waals surface area contributed by atoms with E-state index < -0.39 is 6.10 Å². The second kappa shape index (κ2) is 6.59. The molecule has 0 radical (unpaired) electrons. The Morgan fingerprint density at radius 1 is 1.32 bits per heavy atom. The fourth-order valence-corrected chi connectivity index (χ4v) is 1.88. The van der Waals surface area contributed by atoms with Gasteiger partial charge in [0.1, 0.15) is 13.2 Å². The summed E-state index contributed by atoms with van der Waals surface area (Å²) in [4.78, 5) is 0. The highest BCUT2D eigenvalue weighted by Gasteiger charge is 2.14. The molecule has 4 heteroatoms. The van der Waals surface area contributed by atoms with Gasteiger partial charge in [-0.3, -0.25) is 0 Å². The van der Waals surface area contributed by atoms with Crippen molar-refractivity contribution in [3.8, 4) is 11.5 Å². The normalized spacial score (nSPS) is 14.9. The van der Waals surface area contributed by atoms with Crippen LogP contribution in [0.4, 0.5) is 0 Å². The van der Waals surface area contributed by atoms with Gasteiger partial charge in [-0.25, -0.2) is 0 Å². The molecular weight excluding hydrogens is 242 g/mol. The van der Waals surface area contributed by atoms with Gasteiger partial charge in [-0.15, -0.1) is 0 Å². The van der Waals surface area contributed by atoms with Crippen LogP contribution in [0.25, 0.3) is 0 Å². The number of allylic oxidation sites excluding steroid dienone is 1. The van der Waals surface area contributed by atoms with Crippen molar-refractivity contribution in [1.29, 1.82) is 0 Å². The number of benzene rings is 1. The summed E-state index contributed by atoms with van der Waals surface area (Å²) < 4.78 is 11.0. The van der Waals surface area contributed by atoms with Crippen LogP contribution in [0.1, 0.15) is 25.5 Å². The van der Waals surface area contributed by atoms with Crippen LogP contribution in [-0.2, 0) is 0 Å². The first-order chi connectivity index (χ1) is 9.16. The van der Waals surface area contributed by atoms with Gasteiger partial charge in [0.2, 0.25) is 0 Å². The van der Waals surface area contributed by atoms with Crippen LogP contribution in [0.3, 0.4) is 0 Å². The summed E-state index contributed by atoms with van der Waals surface area (Å²) in [6.07, 6.45) is 1.55. The summed E-state index contributed by atoms with van der Waals surface area (Å²) in [5, 5.41) is 13.3. The number of rotatable bonds is 5. The first kappa shape index (κ1) is 13.9. The van der Waals surface area contributed by atoms with Gasteiger partial charge in [0.05, 0.1) is 6.10 Å². The van der Waals surface area contributed by atoms with Gasteiger partial charge >= 0.3 is 0 Å². The first-order valence-electron chi connectivity index (χ1n) is 6.58. The van der Waals surface area contributed by atoms with Gasteiger partial charge in [0, 0.05) is 13.1 Å². The predicted octanol–water partition coefficient (Wildman–Crippen LogP) is 2.05. The number of aliphatic hydroxyl groups is 1. The lowest BCUT2D eigenvalue weighted by atomic mass is 10.1. The van der Waals surface area contributed by atoms with Crippen LogP contribution < -0.4 is 14.8 Å². The lowest BCUT2D eigenvalue weighted by Gasteiger charge is -2.20. The van der Waals surface area contributed by atoms with Gasteiger partial charge < -0.3 is 19.9 Å². The molecule has 1 aliphatic rings. The van der Waals surface area contributed by atoms with Crippen molar-refractivity contribution < 1.29 is 14.6 Å². The van der Waals surface area contributed by atoms with E-state index in [9.17, 15) is 5.11 Å². The zero-order valence-corrected chi connectivity index (χ0v) is 11.5. The fourth-order valence-electron chi connectivity index (χ4n) is 1.88. The van der Waals surface area contributed by atoms with E-state index in [4.69, 9.17) is 9.47 Å². The van der Waals surface area contributed by atoms with E-state index >= 15 is 0 Å². The van der Waals surface area contributed by atoms with Gasteiger partial charge in [-0.1, -0.05) is 17.7 Å². The molecule has 0 fully saturated rings. The highest BCUT2D eigenvalue weighted by molar-refractivity contribution is 5.44. The molecule has 1 aromatic carbocycles.